The van der Waals surface area contributed by atoms with Crippen molar-refractivity contribution in [2.45, 2.75) is 40.0 Å². The van der Waals surface area contributed by atoms with Crippen LogP contribution in [0, 0.1) is 19.8 Å². The fourth-order valence-corrected chi connectivity index (χ4v) is 3.26. The Labute approximate surface area is 176 Å². The molecule has 0 aliphatic rings. The van der Waals surface area contributed by atoms with Crippen LogP contribution in [0.4, 0.5) is 18.9 Å². The largest absolute Gasteiger partial charge is 0.416 e. The standard InChI is InChI=1S/C20H21ClF3N5O/c1-12(9-28-11-17(21)8-25-28)19(30)26-18-13(2)27-29(14(18)3)10-15-5-4-6-16(7-15)20(22,23)24/h4-8,11-12H,9-10H2,1-3H3,(H,26,30). The molecule has 0 saturated heterocycles. The van der Waals surface area contributed by atoms with E-state index in [1.807, 2.05) is 0 Å². The van der Waals surface area contributed by atoms with E-state index in [0.29, 0.717) is 34.2 Å². The van der Waals surface area contributed by atoms with Gasteiger partial charge in [0.2, 0.25) is 5.91 Å². The fourth-order valence-electron chi connectivity index (χ4n) is 3.10. The Balaban J connectivity index is 1.73. The number of amides is 1. The highest BCUT2D eigenvalue weighted by atomic mass is 35.5. The molecule has 0 radical (unpaired) electrons. The number of hydrogen-bond acceptors (Lipinski definition) is 3. The topological polar surface area (TPSA) is 64.7 Å². The zero-order valence-corrected chi connectivity index (χ0v) is 17.4. The first-order valence-corrected chi connectivity index (χ1v) is 9.61. The van der Waals surface area contributed by atoms with E-state index in [2.05, 4.69) is 15.5 Å². The van der Waals surface area contributed by atoms with E-state index in [9.17, 15) is 18.0 Å². The number of aromatic nitrogens is 4. The number of aryl methyl sites for hydroxylation is 1. The number of nitrogens with zero attached hydrogens (tertiary/aromatic N) is 4. The van der Waals surface area contributed by atoms with Crippen molar-refractivity contribution < 1.29 is 18.0 Å². The Hall–Kier alpha value is -2.81. The molecule has 1 unspecified atom stereocenters. The summed E-state index contributed by atoms with van der Waals surface area (Å²) in [5, 5.41) is 11.8. The molecule has 160 valence electrons. The minimum atomic E-state index is -4.40. The van der Waals surface area contributed by atoms with Gasteiger partial charge in [0.05, 0.1) is 52.9 Å². The van der Waals surface area contributed by atoms with Crippen LogP contribution in [0.15, 0.2) is 36.7 Å². The summed E-state index contributed by atoms with van der Waals surface area (Å²) in [6.45, 7) is 5.79. The van der Waals surface area contributed by atoms with Gasteiger partial charge in [-0.3, -0.25) is 14.2 Å². The molecule has 0 aliphatic carbocycles. The van der Waals surface area contributed by atoms with Gasteiger partial charge < -0.3 is 5.32 Å². The van der Waals surface area contributed by atoms with Crippen molar-refractivity contribution in [2.75, 3.05) is 5.32 Å². The van der Waals surface area contributed by atoms with E-state index in [0.717, 1.165) is 12.1 Å². The van der Waals surface area contributed by atoms with Gasteiger partial charge in [-0.05, 0) is 31.5 Å². The molecule has 0 spiro atoms. The number of anilines is 1. The lowest BCUT2D eigenvalue weighted by molar-refractivity contribution is -0.137. The van der Waals surface area contributed by atoms with E-state index < -0.39 is 11.7 Å². The lowest BCUT2D eigenvalue weighted by Crippen LogP contribution is -2.25. The molecule has 3 rings (SSSR count). The zero-order valence-electron chi connectivity index (χ0n) is 16.7. The highest BCUT2D eigenvalue weighted by Gasteiger charge is 2.30. The molecule has 1 amide bonds. The summed E-state index contributed by atoms with van der Waals surface area (Å²) in [7, 11) is 0. The molecule has 1 aromatic carbocycles. The molecular formula is C20H21ClF3N5O. The summed E-state index contributed by atoms with van der Waals surface area (Å²) in [6.07, 6.45) is -1.27. The Morgan fingerprint density at radius 2 is 2.03 bits per heavy atom. The van der Waals surface area contributed by atoms with Crippen LogP contribution in [-0.2, 0) is 24.1 Å². The smallest absolute Gasteiger partial charge is 0.323 e. The second-order valence-corrected chi connectivity index (χ2v) is 7.61. The number of carbonyl (C=O) groups is 1. The van der Waals surface area contributed by atoms with Crippen molar-refractivity contribution >= 4 is 23.2 Å². The number of rotatable bonds is 6. The van der Waals surface area contributed by atoms with Crippen molar-refractivity contribution in [3.63, 3.8) is 0 Å². The van der Waals surface area contributed by atoms with Crippen LogP contribution in [0.3, 0.4) is 0 Å². The first-order chi connectivity index (χ1) is 14.0. The lowest BCUT2D eigenvalue weighted by atomic mass is 10.1. The van der Waals surface area contributed by atoms with Crippen LogP contribution < -0.4 is 5.32 Å². The molecule has 0 saturated carbocycles. The van der Waals surface area contributed by atoms with Gasteiger partial charge in [-0.2, -0.15) is 23.4 Å². The van der Waals surface area contributed by atoms with Gasteiger partial charge in [0, 0.05) is 6.20 Å². The number of carbonyl (C=O) groups excluding carboxylic acids is 1. The predicted molar refractivity (Wildman–Crippen MR) is 107 cm³/mol. The van der Waals surface area contributed by atoms with Crippen LogP contribution in [0.25, 0.3) is 0 Å². The van der Waals surface area contributed by atoms with Gasteiger partial charge >= 0.3 is 6.18 Å². The van der Waals surface area contributed by atoms with E-state index in [4.69, 9.17) is 11.6 Å². The maximum Gasteiger partial charge on any atom is 0.416 e. The first-order valence-electron chi connectivity index (χ1n) is 9.23. The van der Waals surface area contributed by atoms with E-state index >= 15 is 0 Å². The molecule has 6 nitrogen and oxygen atoms in total. The lowest BCUT2D eigenvalue weighted by Gasteiger charge is -2.13. The molecule has 1 atom stereocenters. The molecule has 10 heteroatoms. The van der Waals surface area contributed by atoms with Crippen molar-refractivity contribution in [3.8, 4) is 0 Å². The molecule has 2 heterocycles. The van der Waals surface area contributed by atoms with Gasteiger partial charge in [0.15, 0.2) is 0 Å². The van der Waals surface area contributed by atoms with Gasteiger partial charge in [0.1, 0.15) is 0 Å². The SMILES string of the molecule is Cc1nn(Cc2cccc(C(F)(F)F)c2)c(C)c1NC(=O)C(C)Cn1cc(Cl)cn1. The number of halogens is 4. The van der Waals surface area contributed by atoms with Crippen molar-refractivity contribution in [1.29, 1.82) is 0 Å². The summed E-state index contributed by atoms with van der Waals surface area (Å²) in [5.41, 5.74) is 1.56. The highest BCUT2D eigenvalue weighted by molar-refractivity contribution is 6.30. The number of benzene rings is 1. The number of alkyl halides is 3. The zero-order chi connectivity index (χ0) is 22.1. The minimum Gasteiger partial charge on any atom is -0.323 e. The maximum absolute atomic E-state index is 12.9. The predicted octanol–water partition coefficient (Wildman–Crippen LogP) is 4.69. The van der Waals surface area contributed by atoms with E-state index in [-0.39, 0.29) is 18.4 Å². The molecule has 0 bridgehead atoms. The first kappa shape index (κ1) is 21.9. The monoisotopic (exact) mass is 439 g/mol. The Bertz CT molecular complexity index is 1060. The Kier molecular flexibility index (Phi) is 6.21. The minimum absolute atomic E-state index is 0.161. The van der Waals surface area contributed by atoms with Gasteiger partial charge in [0.25, 0.3) is 0 Å². The van der Waals surface area contributed by atoms with Crippen LogP contribution in [0.1, 0.15) is 29.4 Å². The van der Waals surface area contributed by atoms with Gasteiger partial charge in [-0.25, -0.2) is 0 Å². The summed E-state index contributed by atoms with van der Waals surface area (Å²) in [5.74, 6) is -0.599. The summed E-state index contributed by atoms with van der Waals surface area (Å²) in [6, 6.07) is 5.12. The van der Waals surface area contributed by atoms with Gasteiger partial charge in [-0.1, -0.05) is 30.7 Å². The van der Waals surface area contributed by atoms with E-state index in [1.54, 1.807) is 42.4 Å². The van der Waals surface area contributed by atoms with Crippen LogP contribution >= 0.6 is 11.6 Å². The third kappa shape index (κ3) is 5.02. The quantitative estimate of drug-likeness (QED) is 0.606. The molecule has 2 aromatic heterocycles. The molecule has 30 heavy (non-hydrogen) atoms. The molecule has 1 N–H and O–H groups in total. The molecule has 0 aliphatic heterocycles. The third-order valence-electron chi connectivity index (χ3n) is 4.73. The Morgan fingerprint density at radius 1 is 1.30 bits per heavy atom. The second-order valence-electron chi connectivity index (χ2n) is 7.17. The number of nitrogens with one attached hydrogen (secondary N) is 1. The summed E-state index contributed by atoms with van der Waals surface area (Å²) < 4.78 is 42.0. The maximum atomic E-state index is 12.9. The number of hydrogen-bond donors (Lipinski definition) is 1. The second kappa shape index (κ2) is 8.51. The van der Waals surface area contributed by atoms with Crippen LogP contribution in [0.2, 0.25) is 5.02 Å². The van der Waals surface area contributed by atoms with Crippen LogP contribution in [-0.4, -0.2) is 25.5 Å². The van der Waals surface area contributed by atoms with Crippen molar-refractivity contribution in [1.82, 2.24) is 19.6 Å². The van der Waals surface area contributed by atoms with Gasteiger partial charge in [-0.15, -0.1) is 0 Å². The van der Waals surface area contributed by atoms with Crippen molar-refractivity contribution in [3.05, 3.63) is 64.2 Å². The van der Waals surface area contributed by atoms with E-state index in [1.165, 1.54) is 12.3 Å². The molecule has 0 fully saturated rings. The normalized spacial score (nSPS) is 12.8. The fraction of sp³-hybridized carbons (Fsp3) is 0.350. The summed E-state index contributed by atoms with van der Waals surface area (Å²) in [4.78, 5) is 12.6. The third-order valence-corrected chi connectivity index (χ3v) is 4.92. The summed E-state index contributed by atoms with van der Waals surface area (Å²) >= 11 is 5.84. The average molecular weight is 440 g/mol. The van der Waals surface area contributed by atoms with Crippen LogP contribution in [0.5, 0.6) is 0 Å². The average Bonchev–Trinajstić information content (AvgIpc) is 3.19. The highest BCUT2D eigenvalue weighted by Crippen LogP contribution is 2.30. The van der Waals surface area contributed by atoms with Crippen molar-refractivity contribution in [2.24, 2.45) is 5.92 Å². The Morgan fingerprint density at radius 3 is 2.67 bits per heavy atom. The molecule has 3 aromatic rings. The molecular weight excluding hydrogens is 419 g/mol.